The molecule has 1 N–H and O–H groups in total. The van der Waals surface area contributed by atoms with Gasteiger partial charge in [0.2, 0.25) is 0 Å². The lowest BCUT2D eigenvalue weighted by molar-refractivity contribution is -0.137. The molecule has 2 heterocycles. The fourth-order valence-corrected chi connectivity index (χ4v) is 5.40. The Bertz CT molecular complexity index is 1440. The van der Waals surface area contributed by atoms with Crippen LogP contribution < -0.4 is 5.32 Å². The molecule has 9 nitrogen and oxygen atoms in total. The summed E-state index contributed by atoms with van der Waals surface area (Å²) in [5, 5.41) is 11.0. The summed E-state index contributed by atoms with van der Waals surface area (Å²) in [6, 6.07) is 8.68. The summed E-state index contributed by atoms with van der Waals surface area (Å²) < 4.78 is 46.1. The fourth-order valence-electron chi connectivity index (χ4n) is 5.40. The van der Waals surface area contributed by atoms with Crippen LogP contribution in [0, 0.1) is 13.8 Å². The van der Waals surface area contributed by atoms with Crippen molar-refractivity contribution in [3.63, 3.8) is 0 Å². The van der Waals surface area contributed by atoms with Crippen LogP contribution in [-0.4, -0.2) is 67.6 Å². The van der Waals surface area contributed by atoms with Crippen LogP contribution >= 0.6 is 0 Å². The first-order chi connectivity index (χ1) is 20.0. The van der Waals surface area contributed by atoms with Gasteiger partial charge in [-0.15, -0.1) is 5.10 Å². The van der Waals surface area contributed by atoms with Gasteiger partial charge in [-0.3, -0.25) is 9.69 Å². The third-order valence-corrected chi connectivity index (χ3v) is 7.46. The normalized spacial score (nSPS) is 18.0. The molecule has 1 fully saturated rings. The molecule has 0 unspecified atom stereocenters. The fraction of sp³-hybridized carbons (Fsp3) is 0.484. The van der Waals surface area contributed by atoms with E-state index in [9.17, 15) is 22.8 Å². The minimum atomic E-state index is -4.44. The highest BCUT2D eigenvalue weighted by Crippen LogP contribution is 2.30. The van der Waals surface area contributed by atoms with E-state index in [1.165, 1.54) is 10.7 Å². The maximum Gasteiger partial charge on any atom is 0.416 e. The number of carbonyl (C=O) groups is 2. The Morgan fingerprint density at radius 2 is 1.65 bits per heavy atom. The van der Waals surface area contributed by atoms with E-state index < -0.39 is 23.4 Å². The maximum atomic E-state index is 13.6. The molecule has 0 saturated carbocycles. The second-order valence-electron chi connectivity index (χ2n) is 12.2. The van der Waals surface area contributed by atoms with Crippen LogP contribution in [0.1, 0.15) is 72.9 Å². The summed E-state index contributed by atoms with van der Waals surface area (Å²) in [7, 11) is 0. The van der Waals surface area contributed by atoms with E-state index >= 15 is 0 Å². The van der Waals surface area contributed by atoms with Gasteiger partial charge in [-0.2, -0.15) is 13.2 Å². The van der Waals surface area contributed by atoms with Crippen molar-refractivity contribution in [1.82, 2.24) is 30.1 Å². The van der Waals surface area contributed by atoms with E-state index in [-0.39, 0.29) is 23.7 Å². The number of nitrogens with one attached hydrogen (secondary N) is 1. The van der Waals surface area contributed by atoms with E-state index in [0.29, 0.717) is 37.4 Å². The summed E-state index contributed by atoms with van der Waals surface area (Å²) in [6.07, 6.45) is -3.30. The zero-order chi connectivity index (χ0) is 31.7. The molecule has 1 aliphatic heterocycles. The lowest BCUT2D eigenvalue weighted by Crippen LogP contribution is -2.57. The predicted octanol–water partition coefficient (Wildman–Crippen LogP) is 5.66. The van der Waals surface area contributed by atoms with Crippen molar-refractivity contribution in [1.29, 1.82) is 0 Å². The van der Waals surface area contributed by atoms with Gasteiger partial charge in [0.05, 0.1) is 23.1 Å². The molecule has 0 spiro atoms. The van der Waals surface area contributed by atoms with Crippen LogP contribution in [0.15, 0.2) is 42.6 Å². The van der Waals surface area contributed by atoms with Crippen molar-refractivity contribution in [2.45, 2.75) is 85.4 Å². The van der Waals surface area contributed by atoms with Gasteiger partial charge in [0.15, 0.2) is 0 Å². The first kappa shape index (κ1) is 32.0. The van der Waals surface area contributed by atoms with Crippen LogP contribution in [0.5, 0.6) is 0 Å². The van der Waals surface area contributed by atoms with Crippen molar-refractivity contribution >= 4 is 12.0 Å². The van der Waals surface area contributed by atoms with Crippen LogP contribution in [0.2, 0.25) is 0 Å². The third kappa shape index (κ3) is 7.92. The number of alkyl carbamates (subject to hydrolysis) is 1. The highest BCUT2D eigenvalue weighted by Gasteiger charge is 2.33. The number of aryl methyl sites for hydroxylation is 2. The number of benzene rings is 2. The summed E-state index contributed by atoms with van der Waals surface area (Å²) >= 11 is 0. The smallest absolute Gasteiger partial charge is 0.416 e. The Labute approximate surface area is 250 Å². The molecule has 1 aromatic heterocycles. The Kier molecular flexibility index (Phi) is 9.19. The zero-order valence-corrected chi connectivity index (χ0v) is 25.6. The monoisotopic (exact) mass is 600 g/mol. The molecule has 1 aliphatic rings. The van der Waals surface area contributed by atoms with Crippen molar-refractivity contribution < 1.29 is 27.5 Å². The molecule has 232 valence electrons. The first-order valence-electron chi connectivity index (χ1n) is 14.2. The van der Waals surface area contributed by atoms with Crippen molar-refractivity contribution in [2.75, 3.05) is 13.1 Å². The molecule has 3 aromatic rings. The number of hydrogen-bond acceptors (Lipinski definition) is 6. The van der Waals surface area contributed by atoms with Gasteiger partial charge >= 0.3 is 12.3 Å². The first-order valence-corrected chi connectivity index (χ1v) is 14.2. The van der Waals surface area contributed by atoms with Gasteiger partial charge in [0.1, 0.15) is 5.60 Å². The van der Waals surface area contributed by atoms with Crippen LogP contribution in [0.25, 0.3) is 5.69 Å². The average molecular weight is 601 g/mol. The van der Waals surface area contributed by atoms with Crippen molar-refractivity contribution in [2.24, 2.45) is 0 Å². The zero-order valence-electron chi connectivity index (χ0n) is 25.6. The topological polar surface area (TPSA) is 92.6 Å². The maximum absolute atomic E-state index is 13.6. The van der Waals surface area contributed by atoms with Gasteiger partial charge in [-0.05, 0) is 95.5 Å². The molecule has 0 bridgehead atoms. The van der Waals surface area contributed by atoms with Gasteiger partial charge in [-0.25, -0.2) is 9.48 Å². The van der Waals surface area contributed by atoms with E-state index in [4.69, 9.17) is 4.74 Å². The number of halogens is 3. The number of nitrogens with zero attached hydrogens (tertiary/aromatic N) is 5. The summed E-state index contributed by atoms with van der Waals surface area (Å²) in [4.78, 5) is 29.7. The minimum absolute atomic E-state index is 0.00547. The van der Waals surface area contributed by atoms with Gasteiger partial charge < -0.3 is 15.0 Å². The number of rotatable bonds is 6. The van der Waals surface area contributed by atoms with Gasteiger partial charge in [-0.1, -0.05) is 11.3 Å². The summed E-state index contributed by atoms with van der Waals surface area (Å²) in [5.74, 6) is -0.0632. The van der Waals surface area contributed by atoms with E-state index in [1.807, 2.05) is 44.7 Å². The summed E-state index contributed by atoms with van der Waals surface area (Å²) in [5.41, 5.74) is 2.90. The largest absolute Gasteiger partial charge is 0.444 e. The highest BCUT2D eigenvalue weighted by atomic mass is 19.4. The van der Waals surface area contributed by atoms with Gasteiger partial charge in [0.25, 0.3) is 5.91 Å². The molecule has 0 aliphatic carbocycles. The molecule has 4 rings (SSSR count). The predicted molar refractivity (Wildman–Crippen MR) is 156 cm³/mol. The lowest BCUT2D eigenvalue weighted by atomic mass is 9.98. The molecule has 2 atom stereocenters. The second-order valence-corrected chi connectivity index (χ2v) is 12.2. The third-order valence-electron chi connectivity index (χ3n) is 7.46. The molecule has 1 saturated heterocycles. The molecular formula is C31H39F3N6O3. The van der Waals surface area contributed by atoms with Gasteiger partial charge in [0, 0.05) is 43.8 Å². The van der Waals surface area contributed by atoms with Crippen molar-refractivity contribution in [3.05, 3.63) is 76.1 Å². The Morgan fingerprint density at radius 1 is 1.02 bits per heavy atom. The van der Waals surface area contributed by atoms with Crippen LogP contribution in [0.4, 0.5) is 18.0 Å². The quantitative estimate of drug-likeness (QED) is 0.393. The number of carbonyl (C=O) groups excluding carboxylic acids is 2. The molecular weight excluding hydrogens is 561 g/mol. The summed E-state index contributed by atoms with van der Waals surface area (Å²) in [6.45, 7) is 15.1. The van der Waals surface area contributed by atoms with Crippen molar-refractivity contribution in [3.8, 4) is 5.69 Å². The number of alkyl halides is 3. The highest BCUT2D eigenvalue weighted by molar-refractivity contribution is 5.95. The number of piperazine rings is 1. The standard InChI is InChI=1S/C31H39F3N6O3/c1-19-11-23(12-20(2)27(19)14-35-29(42)43-30(5,6)7)28(41)38-15-21(3)39(22(4)16-38)17-25-18-40(37-36-25)26-10-8-9-24(13-26)31(32,33)34/h8-13,18,21-22H,14-17H2,1-7H3,(H,35,42)/t21-,22+. The molecule has 12 heteroatoms. The number of hydrogen-bond donors (Lipinski definition) is 1. The number of ether oxygens (including phenoxy) is 1. The molecule has 0 radical (unpaired) electrons. The van der Waals surface area contributed by atoms with Crippen LogP contribution in [-0.2, 0) is 24.0 Å². The van der Waals surface area contributed by atoms with E-state index in [0.717, 1.165) is 28.8 Å². The number of amides is 2. The average Bonchev–Trinajstić information content (AvgIpc) is 3.37. The Hall–Kier alpha value is -3.93. The Morgan fingerprint density at radius 3 is 2.23 bits per heavy atom. The second kappa shape index (κ2) is 12.4. The SMILES string of the molecule is Cc1cc(C(=O)N2C[C@@H](C)N(Cc3cn(-c4cccc(C(F)(F)F)c4)nn3)[C@@H](C)C2)cc(C)c1CNC(=O)OC(C)(C)C. The lowest BCUT2D eigenvalue weighted by Gasteiger charge is -2.44. The molecule has 2 amide bonds. The molecule has 2 aromatic carbocycles. The number of aromatic nitrogens is 3. The Balaban J connectivity index is 1.39. The van der Waals surface area contributed by atoms with E-state index in [2.05, 4.69) is 20.5 Å². The minimum Gasteiger partial charge on any atom is -0.444 e. The van der Waals surface area contributed by atoms with Crippen LogP contribution in [0.3, 0.4) is 0 Å². The molecule has 43 heavy (non-hydrogen) atoms. The van der Waals surface area contributed by atoms with E-state index in [1.54, 1.807) is 33.0 Å².